The van der Waals surface area contributed by atoms with Crippen LogP contribution in [0.2, 0.25) is 0 Å². The lowest BCUT2D eigenvalue weighted by atomic mass is 9.33. The Morgan fingerprint density at radius 3 is 1.82 bits per heavy atom. The lowest BCUT2D eigenvalue weighted by Crippen LogP contribution is -2.67. The molecule has 27 atom stereocenters. The lowest BCUT2D eigenvalue weighted by molar-refractivity contribution is -0.370. The molecule has 0 unspecified atom stereocenters. The molecule has 0 aromatic rings. The second kappa shape index (κ2) is 21.0. The Balaban J connectivity index is 0.893. The van der Waals surface area contributed by atoms with Crippen molar-refractivity contribution >= 4 is 11.9 Å². The summed E-state index contributed by atoms with van der Waals surface area (Å²) in [5.41, 5.74) is -1.10. The number of hydrogen-bond donors (Lipinski definition) is 13. The quantitative estimate of drug-likeness (QED) is 0.0649. The van der Waals surface area contributed by atoms with E-state index in [1.807, 2.05) is 0 Å². The van der Waals surface area contributed by atoms with Crippen molar-refractivity contribution in [3.05, 3.63) is 11.6 Å². The van der Waals surface area contributed by atoms with Gasteiger partial charge in [-0.2, -0.15) is 0 Å². The molecule has 0 aromatic heterocycles. The maximum atomic E-state index is 14.7. The molecule has 4 saturated heterocycles. The van der Waals surface area contributed by atoms with Crippen molar-refractivity contribution in [3.63, 3.8) is 0 Å². The number of hydrogen-bond acceptors (Lipinski definition) is 22. The van der Waals surface area contributed by atoms with Gasteiger partial charge < -0.3 is 104 Å². The molecule has 9 rings (SSSR count). The van der Waals surface area contributed by atoms with Gasteiger partial charge >= 0.3 is 11.9 Å². The number of carbonyl (C=O) groups is 2. The zero-order chi connectivity index (χ0) is 55.6. The van der Waals surface area contributed by atoms with Crippen LogP contribution in [0.4, 0.5) is 0 Å². The standard InChI is InChI=1S/C53H84O23/c1-48(2)14-16-53(47(68)76-45-36(63)33(60)31(58)26(20-55)71-45)17-15-51(6)22(23(53)18-48)8-9-28-50(5)12-11-29(49(3,4)27(50)10-13-52(28,51)7)72-46-37(64)34(61)40(41(75-46)42(66)67)74-43-38(65)39(24(56)21-69-43)73-44-35(62)32(59)30(57)25(19-54)70-44/h8,23-41,43-46,54-65H,9-21H2,1-7H3,(H,66,67)/t23-,24+,25+,26+,27-,28+,29-,30+,31+,32-,33-,34+,35+,36+,37+,38+,39-,40-,41-,43-,44-,45-,46+,50-,51-,52-,53-/m1/s1. The number of esters is 1. The highest BCUT2D eigenvalue weighted by atomic mass is 16.8. The van der Waals surface area contributed by atoms with Gasteiger partial charge in [0.2, 0.25) is 6.29 Å². The number of rotatable bonds is 11. The lowest BCUT2D eigenvalue weighted by Gasteiger charge is -2.71. The van der Waals surface area contributed by atoms with Gasteiger partial charge in [-0.05, 0) is 109 Å². The second-order valence-corrected chi connectivity index (χ2v) is 25.9. The Morgan fingerprint density at radius 2 is 1.18 bits per heavy atom. The van der Waals surface area contributed by atoms with E-state index in [0.29, 0.717) is 32.1 Å². The molecule has 13 N–H and O–H groups in total. The average Bonchev–Trinajstić information content (AvgIpc) is 3.38. The molecule has 4 aliphatic heterocycles. The summed E-state index contributed by atoms with van der Waals surface area (Å²) in [5.74, 6) is -2.01. The fraction of sp³-hybridized carbons (Fsp3) is 0.925. The number of aliphatic carboxylic acids is 1. The van der Waals surface area contributed by atoms with E-state index < -0.39 is 165 Å². The number of carboxylic acid groups (broad SMARTS) is 1. The summed E-state index contributed by atoms with van der Waals surface area (Å²) < 4.78 is 46.5. The van der Waals surface area contributed by atoms with Gasteiger partial charge in [0.15, 0.2) is 25.0 Å². The van der Waals surface area contributed by atoms with E-state index >= 15 is 0 Å². The highest BCUT2D eigenvalue weighted by molar-refractivity contribution is 5.79. The number of aliphatic hydroxyl groups excluding tert-OH is 12. The average molecular weight is 1090 g/mol. The van der Waals surface area contributed by atoms with E-state index in [2.05, 4.69) is 54.5 Å². The first kappa shape index (κ1) is 58.6. The van der Waals surface area contributed by atoms with Crippen LogP contribution in [0, 0.1) is 50.2 Å². The van der Waals surface area contributed by atoms with Crippen LogP contribution in [0.15, 0.2) is 11.6 Å². The van der Waals surface area contributed by atoms with Crippen molar-refractivity contribution in [2.45, 2.75) is 235 Å². The van der Waals surface area contributed by atoms with Crippen LogP contribution in [0.25, 0.3) is 0 Å². The molecule has 76 heavy (non-hydrogen) atoms. The molecule has 4 heterocycles. The number of carboxylic acids is 1. The van der Waals surface area contributed by atoms with Gasteiger partial charge in [-0.15, -0.1) is 0 Å². The fourth-order valence-corrected chi connectivity index (χ4v) is 16.2. The summed E-state index contributed by atoms with van der Waals surface area (Å²) >= 11 is 0. The number of ether oxygens (including phenoxy) is 8. The van der Waals surface area contributed by atoms with E-state index in [0.717, 1.165) is 32.1 Å². The van der Waals surface area contributed by atoms with E-state index in [1.54, 1.807) is 0 Å². The molecule has 9 aliphatic rings. The van der Waals surface area contributed by atoms with E-state index in [-0.39, 0.29) is 39.4 Å². The Hall–Kier alpha value is -2.08. The number of aliphatic hydroxyl groups is 12. The molecule has 23 heteroatoms. The molecular formula is C53H84O23. The minimum absolute atomic E-state index is 0.0793. The van der Waals surface area contributed by atoms with Crippen molar-refractivity contribution in [1.29, 1.82) is 0 Å². The van der Waals surface area contributed by atoms with Gasteiger partial charge in [0.25, 0.3) is 0 Å². The first-order valence-corrected chi connectivity index (χ1v) is 27.2. The Labute approximate surface area is 442 Å². The van der Waals surface area contributed by atoms with Crippen molar-refractivity contribution in [1.82, 2.24) is 0 Å². The highest BCUT2D eigenvalue weighted by Crippen LogP contribution is 2.76. The fourth-order valence-electron chi connectivity index (χ4n) is 16.2. The molecule has 0 spiro atoms. The monoisotopic (exact) mass is 1090 g/mol. The van der Waals surface area contributed by atoms with Crippen molar-refractivity contribution in [3.8, 4) is 0 Å². The first-order valence-electron chi connectivity index (χ1n) is 27.2. The third-order valence-electron chi connectivity index (χ3n) is 21.0. The number of fused-ring (bicyclic) bond motifs is 7. The van der Waals surface area contributed by atoms with Crippen LogP contribution < -0.4 is 0 Å². The molecule has 0 amide bonds. The summed E-state index contributed by atoms with van der Waals surface area (Å²) in [6.07, 6.45) is -24.0. The molecule has 0 radical (unpaired) electrons. The van der Waals surface area contributed by atoms with Crippen LogP contribution >= 0.6 is 0 Å². The van der Waals surface area contributed by atoms with Gasteiger partial charge in [0.05, 0.1) is 31.3 Å². The summed E-state index contributed by atoms with van der Waals surface area (Å²) in [6.45, 7) is 13.8. The van der Waals surface area contributed by atoms with Crippen molar-refractivity contribution in [2.24, 2.45) is 50.2 Å². The Bertz CT molecular complexity index is 2140. The molecule has 5 aliphatic carbocycles. The van der Waals surface area contributed by atoms with Gasteiger partial charge in [0.1, 0.15) is 85.5 Å². The van der Waals surface area contributed by atoms with Gasteiger partial charge in [-0.3, -0.25) is 4.79 Å². The largest absolute Gasteiger partial charge is 0.479 e. The van der Waals surface area contributed by atoms with Crippen LogP contribution in [-0.4, -0.2) is 221 Å². The summed E-state index contributed by atoms with van der Waals surface area (Å²) in [6, 6.07) is 0. The predicted molar refractivity (Wildman–Crippen MR) is 257 cm³/mol. The van der Waals surface area contributed by atoms with E-state index in [4.69, 9.17) is 37.9 Å². The topological polar surface area (TPSA) is 371 Å². The smallest absolute Gasteiger partial charge is 0.335 e. The third kappa shape index (κ3) is 9.42. The number of allylic oxidation sites excluding steroid dienone is 2. The Kier molecular flexibility index (Phi) is 16.2. The molecule has 0 bridgehead atoms. The molecular weight excluding hydrogens is 1000 g/mol. The maximum Gasteiger partial charge on any atom is 0.335 e. The van der Waals surface area contributed by atoms with Crippen LogP contribution in [0.1, 0.15) is 113 Å². The van der Waals surface area contributed by atoms with E-state index in [9.17, 15) is 76.0 Å². The SMILES string of the molecule is CC1(C)CC[C@@]2(C(=O)O[C@H]3O[C@@H](CO)[C@H](O)[C@@H](O)[C@@H]3O)CC[C@]3(C)C(=CC[C@H]4[C@]5(C)CC[C@@H](O[C@H]6O[C@@H](C(=O)O)[C@H](O[C@H]7OC[C@H](O)[C@@H](O[C@H]8O[C@@H](CO)[C@H](O)[C@@H](O)[C@@H]8O)[C@@H]7O)[C@@H](O)[C@@H]6O)C(C)(C)[C@H]5CC[C@]43C)[C@H]2C1. The van der Waals surface area contributed by atoms with Crippen molar-refractivity contribution < 1.29 is 114 Å². The summed E-state index contributed by atoms with van der Waals surface area (Å²) in [4.78, 5) is 27.6. The molecule has 8 fully saturated rings. The number of carbonyl (C=O) groups excluding carboxylic acids is 1. The van der Waals surface area contributed by atoms with Crippen LogP contribution in [-0.2, 0) is 47.5 Å². The summed E-state index contributed by atoms with van der Waals surface area (Å²) in [7, 11) is 0. The zero-order valence-corrected chi connectivity index (χ0v) is 44.4. The predicted octanol–water partition coefficient (Wildman–Crippen LogP) is -1.30. The van der Waals surface area contributed by atoms with Gasteiger partial charge in [0, 0.05) is 0 Å². The highest BCUT2D eigenvalue weighted by Gasteiger charge is 2.70. The molecule has 4 saturated carbocycles. The third-order valence-corrected chi connectivity index (χ3v) is 21.0. The zero-order valence-electron chi connectivity index (χ0n) is 44.4. The summed E-state index contributed by atoms with van der Waals surface area (Å²) in [5, 5.41) is 138. The normalized spacial score (nSPS) is 52.9. The molecule has 0 aromatic carbocycles. The van der Waals surface area contributed by atoms with Crippen LogP contribution in [0.3, 0.4) is 0 Å². The van der Waals surface area contributed by atoms with Crippen molar-refractivity contribution in [2.75, 3.05) is 19.8 Å². The van der Waals surface area contributed by atoms with E-state index in [1.165, 1.54) is 5.57 Å². The second-order valence-electron chi connectivity index (χ2n) is 25.9. The first-order chi connectivity index (χ1) is 35.5. The molecule has 23 nitrogen and oxygen atoms in total. The van der Waals surface area contributed by atoms with Gasteiger partial charge in [-0.1, -0.05) is 60.1 Å². The molecule has 434 valence electrons. The minimum Gasteiger partial charge on any atom is -0.479 e. The van der Waals surface area contributed by atoms with Crippen LogP contribution in [0.5, 0.6) is 0 Å². The Morgan fingerprint density at radius 1 is 0.605 bits per heavy atom. The van der Waals surface area contributed by atoms with Gasteiger partial charge in [-0.25, -0.2) is 4.79 Å². The minimum atomic E-state index is -1.97. The maximum absolute atomic E-state index is 14.7.